The molecule has 100 valence electrons. The quantitative estimate of drug-likeness (QED) is 0.781. The van der Waals surface area contributed by atoms with Crippen LogP contribution in [0.1, 0.15) is 53.9 Å². The van der Waals surface area contributed by atoms with Crippen LogP contribution in [-0.4, -0.2) is 23.3 Å². The van der Waals surface area contributed by atoms with E-state index in [1.807, 2.05) is 34.6 Å². The number of hydrogen-bond acceptors (Lipinski definition) is 3. The van der Waals surface area contributed by atoms with Crippen LogP contribution in [0.2, 0.25) is 0 Å². The van der Waals surface area contributed by atoms with E-state index in [2.05, 4.69) is 5.32 Å². The van der Waals surface area contributed by atoms with Crippen molar-refractivity contribution in [2.24, 2.45) is 11.7 Å². The molecule has 0 bridgehead atoms. The van der Waals surface area contributed by atoms with Crippen molar-refractivity contribution in [2.75, 3.05) is 0 Å². The maximum atomic E-state index is 11.6. The third-order valence-corrected chi connectivity index (χ3v) is 3.21. The van der Waals surface area contributed by atoms with Gasteiger partial charge in [-0.1, -0.05) is 0 Å². The van der Waals surface area contributed by atoms with Crippen LogP contribution in [0.25, 0.3) is 0 Å². The fourth-order valence-corrected chi connectivity index (χ4v) is 2.26. The average Bonchev–Trinajstić information content (AvgIpc) is 2.47. The summed E-state index contributed by atoms with van der Waals surface area (Å²) in [6, 6.07) is 0.206. The number of hydrogen-bond donors (Lipinski definition) is 2. The highest BCUT2D eigenvalue weighted by Gasteiger charge is 2.34. The van der Waals surface area contributed by atoms with Crippen molar-refractivity contribution < 1.29 is 9.53 Å². The molecule has 2 atom stereocenters. The Morgan fingerprint density at radius 1 is 1.24 bits per heavy atom. The molecule has 1 amide bonds. The van der Waals surface area contributed by atoms with Crippen molar-refractivity contribution in [3.05, 3.63) is 0 Å². The van der Waals surface area contributed by atoms with Crippen molar-refractivity contribution in [3.63, 3.8) is 0 Å². The van der Waals surface area contributed by atoms with Gasteiger partial charge in [0.15, 0.2) is 0 Å². The minimum atomic E-state index is -0.435. The highest BCUT2D eigenvalue weighted by atomic mass is 16.6. The van der Waals surface area contributed by atoms with E-state index in [1.165, 1.54) is 0 Å². The molecule has 0 aromatic carbocycles. The van der Waals surface area contributed by atoms with Crippen molar-refractivity contribution in [2.45, 2.75) is 71.1 Å². The molecular formula is C13H26N2O2. The van der Waals surface area contributed by atoms with Crippen LogP contribution in [0.3, 0.4) is 0 Å². The summed E-state index contributed by atoms with van der Waals surface area (Å²) in [5.74, 6) is 0.474. The standard InChI is InChI=1S/C13H26N2O2/c1-12(2,3)17-11(16)15-10-7-6-9(8-10)13(4,5)14/h9-10H,6-8,14H2,1-5H3,(H,15,16). The van der Waals surface area contributed by atoms with Gasteiger partial charge in [-0.05, 0) is 59.8 Å². The summed E-state index contributed by atoms with van der Waals surface area (Å²) < 4.78 is 5.24. The van der Waals surface area contributed by atoms with E-state index in [0.29, 0.717) is 5.92 Å². The molecule has 4 heteroatoms. The normalized spacial score (nSPS) is 25.8. The third kappa shape index (κ3) is 4.94. The Bertz CT molecular complexity index is 276. The van der Waals surface area contributed by atoms with Crippen molar-refractivity contribution in [1.29, 1.82) is 0 Å². The van der Waals surface area contributed by atoms with E-state index in [9.17, 15) is 4.79 Å². The van der Waals surface area contributed by atoms with Gasteiger partial charge in [-0.15, -0.1) is 0 Å². The Labute approximate surface area is 104 Å². The van der Waals surface area contributed by atoms with E-state index in [1.54, 1.807) is 0 Å². The Morgan fingerprint density at radius 3 is 2.24 bits per heavy atom. The SMILES string of the molecule is CC(C)(C)OC(=O)NC1CCC(C(C)(C)N)C1. The van der Waals surface area contributed by atoms with E-state index in [-0.39, 0.29) is 17.7 Å². The molecule has 1 aliphatic carbocycles. The van der Waals surface area contributed by atoms with Crippen LogP contribution in [-0.2, 0) is 4.74 Å². The number of carbonyl (C=O) groups is 1. The smallest absolute Gasteiger partial charge is 0.407 e. The lowest BCUT2D eigenvalue weighted by atomic mass is 9.87. The molecule has 1 rings (SSSR count). The van der Waals surface area contributed by atoms with Crippen LogP contribution < -0.4 is 11.1 Å². The second-order valence-electron chi connectivity index (χ2n) is 6.67. The summed E-state index contributed by atoms with van der Waals surface area (Å²) >= 11 is 0. The first-order valence-electron chi connectivity index (χ1n) is 6.36. The van der Waals surface area contributed by atoms with E-state index in [0.717, 1.165) is 19.3 Å². The molecule has 3 N–H and O–H groups in total. The van der Waals surface area contributed by atoms with E-state index < -0.39 is 5.60 Å². The molecular weight excluding hydrogens is 216 g/mol. The zero-order valence-electron chi connectivity index (χ0n) is 11.7. The zero-order chi connectivity index (χ0) is 13.3. The summed E-state index contributed by atoms with van der Waals surface area (Å²) in [5.41, 5.74) is 5.49. The predicted molar refractivity (Wildman–Crippen MR) is 68.8 cm³/mol. The first kappa shape index (κ1) is 14.3. The van der Waals surface area contributed by atoms with Gasteiger partial charge in [0.25, 0.3) is 0 Å². The maximum absolute atomic E-state index is 11.6. The number of ether oxygens (including phenoxy) is 1. The Kier molecular flexibility index (Phi) is 4.07. The molecule has 0 heterocycles. The van der Waals surface area contributed by atoms with Gasteiger partial charge in [0.2, 0.25) is 0 Å². The molecule has 17 heavy (non-hydrogen) atoms. The Balaban J connectivity index is 2.38. The van der Waals surface area contributed by atoms with E-state index >= 15 is 0 Å². The third-order valence-electron chi connectivity index (χ3n) is 3.21. The minimum Gasteiger partial charge on any atom is -0.444 e. The lowest BCUT2D eigenvalue weighted by Crippen LogP contribution is -2.42. The van der Waals surface area contributed by atoms with Gasteiger partial charge in [-0.2, -0.15) is 0 Å². The van der Waals surface area contributed by atoms with Gasteiger partial charge >= 0.3 is 6.09 Å². The molecule has 0 aromatic heterocycles. The minimum absolute atomic E-state index is 0.162. The van der Waals surface area contributed by atoms with Gasteiger partial charge < -0.3 is 15.8 Å². The molecule has 1 saturated carbocycles. The maximum Gasteiger partial charge on any atom is 0.407 e. The van der Waals surface area contributed by atoms with Crippen molar-refractivity contribution in [3.8, 4) is 0 Å². The Hall–Kier alpha value is -0.770. The molecule has 0 aliphatic heterocycles. The van der Waals surface area contributed by atoms with Crippen LogP contribution in [0.4, 0.5) is 4.79 Å². The number of amides is 1. The number of nitrogens with two attached hydrogens (primary N) is 1. The molecule has 1 aliphatic rings. The molecule has 0 saturated heterocycles. The van der Waals surface area contributed by atoms with Crippen molar-refractivity contribution >= 4 is 6.09 Å². The van der Waals surface area contributed by atoms with Gasteiger partial charge in [-0.3, -0.25) is 0 Å². The first-order chi connectivity index (χ1) is 7.58. The summed E-state index contributed by atoms with van der Waals surface area (Å²) in [6.07, 6.45) is 2.69. The van der Waals surface area contributed by atoms with Gasteiger partial charge in [0.05, 0.1) is 0 Å². The average molecular weight is 242 g/mol. The lowest BCUT2D eigenvalue weighted by Gasteiger charge is -2.27. The van der Waals surface area contributed by atoms with Crippen LogP contribution >= 0.6 is 0 Å². The number of alkyl carbamates (subject to hydrolysis) is 1. The first-order valence-corrected chi connectivity index (χ1v) is 6.36. The van der Waals surface area contributed by atoms with Crippen LogP contribution in [0, 0.1) is 5.92 Å². The topological polar surface area (TPSA) is 64.3 Å². The molecule has 2 unspecified atom stereocenters. The van der Waals surface area contributed by atoms with Crippen LogP contribution in [0.15, 0.2) is 0 Å². The summed E-state index contributed by atoms with van der Waals surface area (Å²) in [5, 5.41) is 2.92. The zero-order valence-corrected chi connectivity index (χ0v) is 11.7. The predicted octanol–water partition coefficient (Wildman–Crippen LogP) is 2.42. The van der Waals surface area contributed by atoms with Crippen LogP contribution in [0.5, 0.6) is 0 Å². The van der Waals surface area contributed by atoms with Gasteiger partial charge in [-0.25, -0.2) is 4.79 Å². The monoisotopic (exact) mass is 242 g/mol. The summed E-state index contributed by atoms with van der Waals surface area (Å²) in [4.78, 5) is 11.6. The Morgan fingerprint density at radius 2 is 1.82 bits per heavy atom. The molecule has 0 radical (unpaired) electrons. The molecule has 1 fully saturated rings. The summed E-state index contributed by atoms with van der Waals surface area (Å²) in [7, 11) is 0. The summed E-state index contributed by atoms with van der Waals surface area (Å²) in [6.45, 7) is 9.70. The number of nitrogens with one attached hydrogen (secondary N) is 1. The molecule has 4 nitrogen and oxygen atoms in total. The molecule has 0 aromatic rings. The van der Waals surface area contributed by atoms with E-state index in [4.69, 9.17) is 10.5 Å². The second-order valence-corrected chi connectivity index (χ2v) is 6.67. The fraction of sp³-hybridized carbons (Fsp3) is 0.923. The number of rotatable bonds is 2. The second kappa shape index (κ2) is 4.84. The molecule has 0 spiro atoms. The fourth-order valence-electron chi connectivity index (χ4n) is 2.26. The van der Waals surface area contributed by atoms with Gasteiger partial charge in [0.1, 0.15) is 5.60 Å². The largest absolute Gasteiger partial charge is 0.444 e. The van der Waals surface area contributed by atoms with Crippen molar-refractivity contribution in [1.82, 2.24) is 5.32 Å². The highest BCUT2D eigenvalue weighted by molar-refractivity contribution is 5.68. The number of carbonyl (C=O) groups excluding carboxylic acids is 1. The van der Waals surface area contributed by atoms with Gasteiger partial charge in [0, 0.05) is 11.6 Å². The lowest BCUT2D eigenvalue weighted by molar-refractivity contribution is 0.0503. The highest BCUT2D eigenvalue weighted by Crippen LogP contribution is 2.32.